The molecule has 106 valence electrons. The lowest BCUT2D eigenvalue weighted by Crippen LogP contribution is -2.20. The molecule has 0 aliphatic carbocycles. The van der Waals surface area contributed by atoms with Gasteiger partial charge in [-0.1, -0.05) is 6.07 Å². The van der Waals surface area contributed by atoms with E-state index in [0.29, 0.717) is 24.9 Å². The molecule has 0 fully saturated rings. The number of fused-ring (bicyclic) bond motifs is 1. The van der Waals surface area contributed by atoms with E-state index in [1.54, 1.807) is 11.3 Å². The molecule has 1 aromatic heterocycles. The zero-order valence-electron chi connectivity index (χ0n) is 11.4. The van der Waals surface area contributed by atoms with Crippen molar-refractivity contribution in [2.45, 2.75) is 19.4 Å². The molecule has 5 heteroatoms. The number of rotatable bonds is 4. The first kappa shape index (κ1) is 13.1. The van der Waals surface area contributed by atoms with Gasteiger partial charge in [0.25, 0.3) is 0 Å². The van der Waals surface area contributed by atoms with Gasteiger partial charge in [-0.3, -0.25) is 0 Å². The monoisotopic (exact) mass is 290 g/mol. The van der Waals surface area contributed by atoms with Gasteiger partial charge >= 0.3 is 0 Å². The van der Waals surface area contributed by atoms with E-state index in [0.717, 1.165) is 23.6 Å². The molecule has 1 atom stereocenters. The zero-order chi connectivity index (χ0) is 13.9. The molecule has 0 saturated heterocycles. The molecule has 0 amide bonds. The number of anilines is 2. The fraction of sp³-hybridized carbons (Fsp3) is 0.333. The van der Waals surface area contributed by atoms with Crippen LogP contribution >= 0.6 is 11.3 Å². The smallest absolute Gasteiger partial charge is 0.163 e. The molecule has 2 heterocycles. The maximum Gasteiger partial charge on any atom is 0.163 e. The number of ether oxygens (including phenoxy) is 2. The van der Waals surface area contributed by atoms with Gasteiger partial charge < -0.3 is 20.5 Å². The number of hydrogen-bond donors (Lipinski definition) is 2. The summed E-state index contributed by atoms with van der Waals surface area (Å²) in [6, 6.07) is 8.28. The molecular weight excluding hydrogens is 272 g/mol. The lowest BCUT2D eigenvalue weighted by molar-refractivity contribution is 0.172. The Hall–Kier alpha value is -1.88. The number of hydrogen-bond acceptors (Lipinski definition) is 5. The van der Waals surface area contributed by atoms with Crippen molar-refractivity contribution in [3.8, 4) is 11.5 Å². The molecule has 3 rings (SSSR count). The van der Waals surface area contributed by atoms with Crippen LogP contribution < -0.4 is 20.5 Å². The summed E-state index contributed by atoms with van der Waals surface area (Å²) in [5.74, 6) is 1.49. The predicted molar refractivity (Wildman–Crippen MR) is 83.0 cm³/mol. The second-order valence-corrected chi connectivity index (χ2v) is 5.94. The highest BCUT2D eigenvalue weighted by atomic mass is 32.1. The van der Waals surface area contributed by atoms with Crippen molar-refractivity contribution < 1.29 is 9.47 Å². The summed E-state index contributed by atoms with van der Waals surface area (Å²) in [6.45, 7) is 3.31. The van der Waals surface area contributed by atoms with Crippen LogP contribution in [0.3, 0.4) is 0 Å². The Morgan fingerprint density at radius 3 is 2.75 bits per heavy atom. The average molecular weight is 290 g/mol. The lowest BCUT2D eigenvalue weighted by atomic mass is 10.1. The Morgan fingerprint density at radius 2 is 2.05 bits per heavy atom. The molecule has 1 unspecified atom stereocenters. The van der Waals surface area contributed by atoms with Gasteiger partial charge in [-0.25, -0.2) is 0 Å². The third-order valence-corrected chi connectivity index (χ3v) is 4.10. The predicted octanol–water partition coefficient (Wildman–Crippen LogP) is 3.14. The molecule has 0 saturated carbocycles. The second kappa shape index (κ2) is 5.63. The number of benzene rings is 1. The van der Waals surface area contributed by atoms with Crippen molar-refractivity contribution in [2.24, 2.45) is 0 Å². The van der Waals surface area contributed by atoms with E-state index < -0.39 is 0 Å². The minimum atomic E-state index is 0.304. The van der Waals surface area contributed by atoms with Crippen LogP contribution in [0.1, 0.15) is 11.8 Å². The van der Waals surface area contributed by atoms with Crippen LogP contribution in [-0.4, -0.2) is 19.3 Å². The SMILES string of the molecule is CC(Cc1cccs1)Nc1cc2c(cc1N)OCCO2. The maximum atomic E-state index is 6.07. The summed E-state index contributed by atoms with van der Waals surface area (Å²) in [6.07, 6.45) is 0.978. The summed E-state index contributed by atoms with van der Waals surface area (Å²) in [4.78, 5) is 1.36. The molecule has 0 radical (unpaired) electrons. The van der Waals surface area contributed by atoms with Crippen molar-refractivity contribution >= 4 is 22.7 Å². The number of nitrogens with one attached hydrogen (secondary N) is 1. The van der Waals surface area contributed by atoms with Crippen LogP contribution in [0.5, 0.6) is 11.5 Å². The molecule has 0 bridgehead atoms. The number of nitrogen functional groups attached to an aromatic ring is 1. The molecular formula is C15H18N2O2S. The van der Waals surface area contributed by atoms with E-state index in [4.69, 9.17) is 15.2 Å². The Kier molecular flexibility index (Phi) is 3.69. The molecule has 3 N–H and O–H groups in total. The zero-order valence-corrected chi connectivity index (χ0v) is 12.2. The summed E-state index contributed by atoms with van der Waals surface area (Å²) < 4.78 is 11.1. The van der Waals surface area contributed by atoms with E-state index in [2.05, 4.69) is 29.8 Å². The first-order valence-corrected chi connectivity index (χ1v) is 7.58. The van der Waals surface area contributed by atoms with Crippen molar-refractivity contribution in [3.05, 3.63) is 34.5 Å². The first-order chi connectivity index (χ1) is 9.72. The van der Waals surface area contributed by atoms with Crippen LogP contribution in [0.15, 0.2) is 29.6 Å². The molecule has 4 nitrogen and oxygen atoms in total. The Bertz CT molecular complexity index is 584. The quantitative estimate of drug-likeness (QED) is 0.849. The molecule has 1 aliphatic heterocycles. The molecule has 20 heavy (non-hydrogen) atoms. The third-order valence-electron chi connectivity index (χ3n) is 3.20. The first-order valence-electron chi connectivity index (χ1n) is 6.70. The highest BCUT2D eigenvalue weighted by Gasteiger charge is 2.15. The normalized spacial score (nSPS) is 14.8. The van der Waals surface area contributed by atoms with Gasteiger partial charge in [-0.05, 0) is 18.4 Å². The van der Waals surface area contributed by atoms with Crippen molar-refractivity contribution in [2.75, 3.05) is 24.3 Å². The Labute approximate surface area is 122 Å². The topological polar surface area (TPSA) is 56.5 Å². The number of thiophene rings is 1. The van der Waals surface area contributed by atoms with Crippen molar-refractivity contribution in [1.29, 1.82) is 0 Å². The van der Waals surface area contributed by atoms with Gasteiger partial charge in [0, 0.05) is 29.5 Å². The van der Waals surface area contributed by atoms with Crippen LogP contribution in [0.2, 0.25) is 0 Å². The van der Waals surface area contributed by atoms with Crippen LogP contribution in [-0.2, 0) is 6.42 Å². The highest BCUT2D eigenvalue weighted by Crippen LogP contribution is 2.37. The number of nitrogens with two attached hydrogens (primary N) is 1. The standard InChI is InChI=1S/C15H18N2O2S/c1-10(7-11-3-2-6-20-11)17-13-9-15-14(8-12(13)16)18-4-5-19-15/h2-3,6,8-10,17H,4-5,7,16H2,1H3. The van der Waals surface area contributed by atoms with Gasteiger partial charge in [0.15, 0.2) is 11.5 Å². The summed E-state index contributed by atoms with van der Waals surface area (Å²) in [5, 5.41) is 5.54. The molecule has 1 aromatic carbocycles. The van der Waals surface area contributed by atoms with Crippen molar-refractivity contribution in [3.63, 3.8) is 0 Å². The minimum absolute atomic E-state index is 0.304. The van der Waals surface area contributed by atoms with Crippen LogP contribution in [0.25, 0.3) is 0 Å². The van der Waals surface area contributed by atoms with E-state index in [1.165, 1.54) is 4.88 Å². The van der Waals surface area contributed by atoms with E-state index in [1.807, 2.05) is 12.1 Å². The average Bonchev–Trinajstić information content (AvgIpc) is 2.92. The van der Waals surface area contributed by atoms with E-state index in [-0.39, 0.29) is 0 Å². The summed E-state index contributed by atoms with van der Waals surface area (Å²) >= 11 is 1.77. The largest absolute Gasteiger partial charge is 0.486 e. The lowest BCUT2D eigenvalue weighted by Gasteiger charge is -2.22. The van der Waals surface area contributed by atoms with Crippen LogP contribution in [0, 0.1) is 0 Å². The van der Waals surface area contributed by atoms with E-state index >= 15 is 0 Å². The molecule has 2 aromatic rings. The molecule has 1 aliphatic rings. The fourth-order valence-corrected chi connectivity index (χ4v) is 3.11. The second-order valence-electron chi connectivity index (χ2n) is 4.91. The minimum Gasteiger partial charge on any atom is -0.486 e. The van der Waals surface area contributed by atoms with Crippen LogP contribution in [0.4, 0.5) is 11.4 Å². The van der Waals surface area contributed by atoms with Gasteiger partial charge in [-0.15, -0.1) is 11.3 Å². The Balaban J connectivity index is 1.73. The maximum absolute atomic E-state index is 6.07. The third kappa shape index (κ3) is 2.82. The van der Waals surface area contributed by atoms with Gasteiger partial charge in [0.1, 0.15) is 13.2 Å². The van der Waals surface area contributed by atoms with Gasteiger partial charge in [-0.2, -0.15) is 0 Å². The molecule has 0 spiro atoms. The summed E-state index contributed by atoms with van der Waals surface area (Å²) in [7, 11) is 0. The summed E-state index contributed by atoms with van der Waals surface area (Å²) in [5.41, 5.74) is 7.66. The fourth-order valence-electron chi connectivity index (χ4n) is 2.28. The van der Waals surface area contributed by atoms with E-state index in [9.17, 15) is 0 Å². The highest BCUT2D eigenvalue weighted by molar-refractivity contribution is 7.09. The van der Waals surface area contributed by atoms with Gasteiger partial charge in [0.05, 0.1) is 11.4 Å². The van der Waals surface area contributed by atoms with Crippen molar-refractivity contribution in [1.82, 2.24) is 0 Å². The van der Waals surface area contributed by atoms with Gasteiger partial charge in [0.2, 0.25) is 0 Å². The Morgan fingerprint density at radius 1 is 1.30 bits per heavy atom.